The Morgan fingerprint density at radius 2 is 2.14 bits per heavy atom. The molecule has 0 spiro atoms. The van der Waals surface area contributed by atoms with E-state index in [1.54, 1.807) is 11.8 Å². The van der Waals surface area contributed by atoms with Gasteiger partial charge < -0.3 is 10.5 Å². The van der Waals surface area contributed by atoms with Crippen LogP contribution >= 0.6 is 0 Å². The molecule has 112 valence electrons. The van der Waals surface area contributed by atoms with Gasteiger partial charge in [-0.25, -0.2) is 0 Å². The van der Waals surface area contributed by atoms with E-state index in [0.717, 1.165) is 41.9 Å². The molecule has 4 nitrogen and oxygen atoms in total. The number of rotatable bonds is 4. The van der Waals surface area contributed by atoms with E-state index in [1.165, 1.54) is 12.0 Å². The normalized spacial score (nSPS) is 16.7. The van der Waals surface area contributed by atoms with Crippen LogP contribution in [0.1, 0.15) is 30.5 Å². The van der Waals surface area contributed by atoms with E-state index in [1.807, 2.05) is 7.05 Å². The number of hydrogen-bond donors (Lipinski definition) is 1. The maximum atomic E-state index is 6.26. The molecule has 0 atom stereocenters. The van der Waals surface area contributed by atoms with Crippen LogP contribution in [0.2, 0.25) is 0 Å². The number of methoxy groups -OCH3 is 1. The minimum atomic E-state index is -0.0423. The third kappa shape index (κ3) is 2.44. The van der Waals surface area contributed by atoms with Crippen molar-refractivity contribution < 1.29 is 4.74 Å². The molecule has 1 aliphatic carbocycles. The van der Waals surface area contributed by atoms with Crippen LogP contribution in [0.15, 0.2) is 24.3 Å². The number of anilines is 1. The third-order valence-electron chi connectivity index (χ3n) is 4.66. The molecule has 0 aliphatic heterocycles. The molecular weight excluding hydrogens is 262 g/mol. The minimum Gasteiger partial charge on any atom is -0.383 e. The quantitative estimate of drug-likeness (QED) is 0.939. The molecule has 3 rings (SSSR count). The Bertz CT molecular complexity index is 651. The molecule has 2 aromatic rings. The first-order chi connectivity index (χ1) is 10.0. The Morgan fingerprint density at radius 3 is 2.71 bits per heavy atom. The molecule has 1 saturated carbocycles. The van der Waals surface area contributed by atoms with Gasteiger partial charge in [-0.1, -0.05) is 29.8 Å². The van der Waals surface area contributed by atoms with Crippen molar-refractivity contribution in [3.8, 4) is 11.1 Å². The van der Waals surface area contributed by atoms with E-state index < -0.39 is 0 Å². The van der Waals surface area contributed by atoms with Crippen LogP contribution in [0.25, 0.3) is 11.1 Å². The lowest BCUT2D eigenvalue weighted by Gasteiger charge is -2.40. The van der Waals surface area contributed by atoms with Crippen molar-refractivity contribution in [2.24, 2.45) is 7.05 Å². The molecule has 0 unspecified atom stereocenters. The largest absolute Gasteiger partial charge is 0.383 e. The summed E-state index contributed by atoms with van der Waals surface area (Å²) in [5, 5.41) is 4.64. The molecular formula is C17H23N3O. The Hall–Kier alpha value is -1.81. The van der Waals surface area contributed by atoms with Gasteiger partial charge in [0.05, 0.1) is 11.3 Å². The zero-order chi connectivity index (χ0) is 15.0. The maximum absolute atomic E-state index is 6.26. The molecule has 1 heterocycles. The number of nitrogen functional groups attached to an aromatic ring is 1. The Morgan fingerprint density at radius 1 is 1.38 bits per heavy atom. The Kier molecular flexibility index (Phi) is 3.49. The summed E-state index contributed by atoms with van der Waals surface area (Å²) in [7, 11) is 3.70. The number of ether oxygens (including phenoxy) is 1. The first-order valence-corrected chi connectivity index (χ1v) is 7.48. The second kappa shape index (κ2) is 5.19. The topological polar surface area (TPSA) is 53.1 Å². The molecule has 0 radical (unpaired) electrons. The maximum Gasteiger partial charge on any atom is 0.129 e. The summed E-state index contributed by atoms with van der Waals surface area (Å²) < 4.78 is 7.52. The van der Waals surface area contributed by atoms with E-state index in [0.29, 0.717) is 0 Å². The van der Waals surface area contributed by atoms with Gasteiger partial charge in [0, 0.05) is 26.1 Å². The van der Waals surface area contributed by atoms with E-state index in [9.17, 15) is 0 Å². The van der Waals surface area contributed by atoms with E-state index in [2.05, 4.69) is 36.3 Å². The number of nitrogens with two attached hydrogens (primary N) is 1. The van der Waals surface area contributed by atoms with Crippen molar-refractivity contribution >= 4 is 5.82 Å². The third-order valence-corrected chi connectivity index (χ3v) is 4.66. The average molecular weight is 285 g/mol. The lowest BCUT2D eigenvalue weighted by molar-refractivity contribution is -0.0714. The molecule has 1 aromatic carbocycles. The molecule has 0 amide bonds. The van der Waals surface area contributed by atoms with Gasteiger partial charge in [-0.15, -0.1) is 0 Å². The van der Waals surface area contributed by atoms with Gasteiger partial charge in [0.15, 0.2) is 0 Å². The lowest BCUT2D eigenvalue weighted by Crippen LogP contribution is -2.41. The van der Waals surface area contributed by atoms with E-state index in [-0.39, 0.29) is 5.60 Å². The first-order valence-electron chi connectivity index (χ1n) is 7.48. The fourth-order valence-corrected chi connectivity index (χ4v) is 3.16. The minimum absolute atomic E-state index is 0.0423. The summed E-state index contributed by atoms with van der Waals surface area (Å²) in [5.74, 6) is 0.723. The zero-order valence-electron chi connectivity index (χ0n) is 13.0. The van der Waals surface area contributed by atoms with Crippen molar-refractivity contribution in [1.29, 1.82) is 0 Å². The zero-order valence-corrected chi connectivity index (χ0v) is 13.0. The molecule has 1 aliphatic rings. The van der Waals surface area contributed by atoms with Crippen molar-refractivity contribution in [1.82, 2.24) is 9.78 Å². The molecule has 0 saturated heterocycles. The van der Waals surface area contributed by atoms with Gasteiger partial charge in [-0.2, -0.15) is 5.10 Å². The van der Waals surface area contributed by atoms with Crippen LogP contribution in [0.5, 0.6) is 0 Å². The van der Waals surface area contributed by atoms with Crippen molar-refractivity contribution in [2.75, 3.05) is 12.8 Å². The van der Waals surface area contributed by atoms with Crippen molar-refractivity contribution in [3.05, 3.63) is 35.5 Å². The summed E-state index contributed by atoms with van der Waals surface area (Å²) in [6, 6.07) is 8.43. The molecule has 1 aromatic heterocycles. The number of aromatic nitrogens is 2. The summed E-state index contributed by atoms with van der Waals surface area (Å²) in [4.78, 5) is 0. The van der Waals surface area contributed by atoms with Gasteiger partial charge >= 0.3 is 0 Å². The Balaban J connectivity index is 2.03. The number of hydrogen-bond acceptors (Lipinski definition) is 3. The van der Waals surface area contributed by atoms with Gasteiger partial charge in [0.1, 0.15) is 5.82 Å². The fraction of sp³-hybridized carbons (Fsp3) is 0.471. The highest BCUT2D eigenvalue weighted by Crippen LogP contribution is 2.40. The van der Waals surface area contributed by atoms with Crippen molar-refractivity contribution in [3.63, 3.8) is 0 Å². The molecule has 21 heavy (non-hydrogen) atoms. The summed E-state index contributed by atoms with van der Waals surface area (Å²) in [6.45, 7) is 2.10. The highest BCUT2D eigenvalue weighted by molar-refractivity contribution is 5.77. The molecule has 4 heteroatoms. The second-order valence-electron chi connectivity index (χ2n) is 6.12. The van der Waals surface area contributed by atoms with Gasteiger partial charge in [-0.05, 0) is 31.7 Å². The standard InChI is InChI=1S/C17H23N3O/c1-12-6-4-7-13(10-12)15-14(19-20(2)16(15)18)11-17(21-3)8-5-9-17/h4,6-7,10H,5,8-9,11,18H2,1-3H3. The predicted octanol–water partition coefficient (Wildman–Crippen LogP) is 3.09. The van der Waals surface area contributed by atoms with Crippen LogP contribution in [0.3, 0.4) is 0 Å². The highest BCUT2D eigenvalue weighted by atomic mass is 16.5. The van der Waals surface area contributed by atoms with Crippen LogP contribution in [-0.4, -0.2) is 22.5 Å². The van der Waals surface area contributed by atoms with Gasteiger partial charge in [-0.3, -0.25) is 4.68 Å². The fourth-order valence-electron chi connectivity index (χ4n) is 3.16. The summed E-state index contributed by atoms with van der Waals surface area (Å²) in [6.07, 6.45) is 4.27. The summed E-state index contributed by atoms with van der Waals surface area (Å²) in [5.41, 5.74) is 10.7. The van der Waals surface area contributed by atoms with Gasteiger partial charge in [0.25, 0.3) is 0 Å². The SMILES string of the molecule is COC1(Cc2nn(C)c(N)c2-c2cccc(C)c2)CCC1. The van der Waals surface area contributed by atoms with E-state index >= 15 is 0 Å². The number of benzene rings is 1. The number of nitrogens with zero attached hydrogens (tertiary/aromatic N) is 2. The van der Waals surface area contributed by atoms with Crippen LogP contribution in [0.4, 0.5) is 5.82 Å². The smallest absolute Gasteiger partial charge is 0.129 e. The van der Waals surface area contributed by atoms with Crippen molar-refractivity contribution in [2.45, 2.75) is 38.2 Å². The lowest BCUT2D eigenvalue weighted by atomic mass is 9.76. The van der Waals surface area contributed by atoms with Crippen LogP contribution < -0.4 is 5.73 Å². The highest BCUT2D eigenvalue weighted by Gasteiger charge is 2.38. The monoisotopic (exact) mass is 285 g/mol. The molecule has 1 fully saturated rings. The molecule has 2 N–H and O–H groups in total. The first kappa shape index (κ1) is 14.1. The Labute approximate surface area is 125 Å². The molecule has 0 bridgehead atoms. The predicted molar refractivity (Wildman–Crippen MR) is 85.1 cm³/mol. The second-order valence-corrected chi connectivity index (χ2v) is 6.12. The van der Waals surface area contributed by atoms with Crippen LogP contribution in [0, 0.1) is 6.92 Å². The van der Waals surface area contributed by atoms with Gasteiger partial charge in [0.2, 0.25) is 0 Å². The van der Waals surface area contributed by atoms with Crippen LogP contribution in [-0.2, 0) is 18.2 Å². The summed E-state index contributed by atoms with van der Waals surface area (Å²) >= 11 is 0. The van der Waals surface area contributed by atoms with E-state index in [4.69, 9.17) is 10.5 Å². The number of aryl methyl sites for hydroxylation is 2. The average Bonchev–Trinajstić information content (AvgIpc) is 2.69.